The SMILES string of the molecule is COc1cc2ncn(CCCC(=O)Nc3cccc(Br)c3)c(=O)c2cc1OC. The van der Waals surface area contributed by atoms with Crippen LogP contribution in [0.4, 0.5) is 5.69 Å². The molecule has 0 atom stereocenters. The highest BCUT2D eigenvalue weighted by atomic mass is 79.9. The van der Waals surface area contributed by atoms with Gasteiger partial charge in [-0.3, -0.25) is 14.2 Å². The van der Waals surface area contributed by atoms with Crippen molar-refractivity contribution in [3.8, 4) is 11.5 Å². The lowest BCUT2D eigenvalue weighted by Gasteiger charge is -2.10. The largest absolute Gasteiger partial charge is 0.493 e. The van der Waals surface area contributed by atoms with Gasteiger partial charge < -0.3 is 14.8 Å². The van der Waals surface area contributed by atoms with Crippen molar-refractivity contribution in [2.75, 3.05) is 19.5 Å². The Kier molecular flexibility index (Phi) is 6.30. The zero-order valence-electron chi connectivity index (χ0n) is 15.6. The third-order valence-electron chi connectivity index (χ3n) is 4.24. The Bertz CT molecular complexity index is 1060. The summed E-state index contributed by atoms with van der Waals surface area (Å²) in [4.78, 5) is 29.1. The highest BCUT2D eigenvalue weighted by Crippen LogP contribution is 2.29. The topological polar surface area (TPSA) is 82.5 Å². The van der Waals surface area contributed by atoms with E-state index in [-0.39, 0.29) is 11.5 Å². The van der Waals surface area contributed by atoms with Crippen molar-refractivity contribution in [1.29, 1.82) is 0 Å². The summed E-state index contributed by atoms with van der Waals surface area (Å²) >= 11 is 3.37. The number of carbonyl (C=O) groups excluding carboxylic acids is 1. The van der Waals surface area contributed by atoms with Gasteiger partial charge in [0, 0.05) is 29.2 Å². The van der Waals surface area contributed by atoms with Gasteiger partial charge >= 0.3 is 0 Å². The number of aryl methyl sites for hydroxylation is 1. The van der Waals surface area contributed by atoms with E-state index in [4.69, 9.17) is 9.47 Å². The fourth-order valence-electron chi connectivity index (χ4n) is 2.84. The lowest BCUT2D eigenvalue weighted by atomic mass is 10.2. The Balaban J connectivity index is 1.68. The van der Waals surface area contributed by atoms with Gasteiger partial charge in [-0.2, -0.15) is 0 Å². The molecule has 7 nitrogen and oxygen atoms in total. The molecule has 8 heteroatoms. The predicted octanol–water partition coefficient (Wildman–Crippen LogP) is 3.60. The van der Waals surface area contributed by atoms with E-state index >= 15 is 0 Å². The number of benzene rings is 2. The number of rotatable bonds is 7. The first-order valence-electron chi connectivity index (χ1n) is 8.68. The molecular weight excluding hydrogens is 426 g/mol. The molecule has 1 N–H and O–H groups in total. The van der Waals surface area contributed by atoms with Gasteiger partial charge in [-0.15, -0.1) is 0 Å². The van der Waals surface area contributed by atoms with E-state index in [1.807, 2.05) is 24.3 Å². The number of carbonyl (C=O) groups is 1. The number of methoxy groups -OCH3 is 2. The van der Waals surface area contributed by atoms with E-state index < -0.39 is 0 Å². The van der Waals surface area contributed by atoms with Crippen LogP contribution in [0, 0.1) is 0 Å². The van der Waals surface area contributed by atoms with Gasteiger partial charge in [-0.05, 0) is 30.7 Å². The Morgan fingerprint density at radius 1 is 1.18 bits per heavy atom. The summed E-state index contributed by atoms with van der Waals surface area (Å²) in [7, 11) is 3.05. The van der Waals surface area contributed by atoms with E-state index in [1.54, 1.807) is 12.1 Å². The molecule has 2 aromatic carbocycles. The first-order valence-corrected chi connectivity index (χ1v) is 9.47. The summed E-state index contributed by atoms with van der Waals surface area (Å²) in [6.07, 6.45) is 2.30. The number of aromatic nitrogens is 2. The van der Waals surface area contributed by atoms with Crippen molar-refractivity contribution in [1.82, 2.24) is 9.55 Å². The van der Waals surface area contributed by atoms with Gasteiger partial charge in [-0.25, -0.2) is 4.98 Å². The second-order valence-electron chi connectivity index (χ2n) is 6.13. The van der Waals surface area contributed by atoms with Crippen LogP contribution in [0.1, 0.15) is 12.8 Å². The van der Waals surface area contributed by atoms with Gasteiger partial charge in [0.25, 0.3) is 5.56 Å². The molecule has 3 rings (SSSR count). The third-order valence-corrected chi connectivity index (χ3v) is 4.73. The van der Waals surface area contributed by atoms with Gasteiger partial charge in [0.1, 0.15) is 0 Å². The van der Waals surface area contributed by atoms with Crippen LogP contribution in [0.5, 0.6) is 11.5 Å². The summed E-state index contributed by atoms with van der Waals surface area (Å²) in [5.41, 5.74) is 1.08. The zero-order chi connectivity index (χ0) is 20.1. The summed E-state index contributed by atoms with van der Waals surface area (Å²) in [6, 6.07) is 10.7. The summed E-state index contributed by atoms with van der Waals surface area (Å²) in [6.45, 7) is 0.391. The number of hydrogen-bond acceptors (Lipinski definition) is 5. The number of amides is 1. The van der Waals surface area contributed by atoms with E-state index in [1.165, 1.54) is 25.1 Å². The predicted molar refractivity (Wildman–Crippen MR) is 111 cm³/mol. The molecule has 0 saturated heterocycles. The number of ether oxygens (including phenoxy) is 2. The minimum Gasteiger partial charge on any atom is -0.493 e. The molecule has 0 radical (unpaired) electrons. The molecular formula is C20H20BrN3O4. The zero-order valence-corrected chi connectivity index (χ0v) is 17.2. The number of nitrogens with one attached hydrogen (secondary N) is 1. The van der Waals surface area contributed by atoms with Crippen molar-refractivity contribution in [3.63, 3.8) is 0 Å². The fraction of sp³-hybridized carbons (Fsp3) is 0.250. The summed E-state index contributed by atoms with van der Waals surface area (Å²) < 4.78 is 12.9. The third kappa shape index (κ3) is 4.51. The van der Waals surface area contributed by atoms with Crippen molar-refractivity contribution in [3.05, 3.63) is 57.6 Å². The van der Waals surface area contributed by atoms with Crippen LogP contribution < -0.4 is 20.3 Å². The molecule has 0 saturated carbocycles. The normalized spacial score (nSPS) is 10.7. The van der Waals surface area contributed by atoms with Crippen LogP contribution in [0.15, 0.2) is 52.0 Å². The highest BCUT2D eigenvalue weighted by molar-refractivity contribution is 9.10. The maximum Gasteiger partial charge on any atom is 0.261 e. The standard InChI is InChI=1S/C20H20BrN3O4/c1-27-17-10-15-16(11-18(17)28-2)22-12-24(20(15)26)8-4-7-19(25)23-14-6-3-5-13(21)9-14/h3,5-6,9-12H,4,7-8H2,1-2H3,(H,23,25). The number of hydrogen-bond donors (Lipinski definition) is 1. The Morgan fingerprint density at radius 2 is 1.93 bits per heavy atom. The average Bonchev–Trinajstić information content (AvgIpc) is 2.69. The molecule has 0 fully saturated rings. The van der Waals surface area contributed by atoms with Crippen LogP contribution in [0.25, 0.3) is 10.9 Å². The van der Waals surface area contributed by atoms with E-state index in [2.05, 4.69) is 26.2 Å². The van der Waals surface area contributed by atoms with Gasteiger partial charge in [0.15, 0.2) is 11.5 Å². The lowest BCUT2D eigenvalue weighted by Crippen LogP contribution is -2.22. The molecule has 1 heterocycles. The first kappa shape index (κ1) is 19.9. The first-order chi connectivity index (χ1) is 13.5. The van der Waals surface area contributed by atoms with Crippen molar-refractivity contribution >= 4 is 38.4 Å². The van der Waals surface area contributed by atoms with Crippen molar-refractivity contribution < 1.29 is 14.3 Å². The minimum absolute atomic E-state index is 0.105. The van der Waals surface area contributed by atoms with E-state index in [0.29, 0.717) is 41.8 Å². The molecule has 146 valence electrons. The van der Waals surface area contributed by atoms with E-state index in [9.17, 15) is 9.59 Å². The van der Waals surface area contributed by atoms with Crippen molar-refractivity contribution in [2.24, 2.45) is 0 Å². The fourth-order valence-corrected chi connectivity index (χ4v) is 3.24. The van der Waals surface area contributed by atoms with Crippen LogP contribution in [-0.4, -0.2) is 29.7 Å². The quantitative estimate of drug-likeness (QED) is 0.600. The number of halogens is 1. The molecule has 28 heavy (non-hydrogen) atoms. The molecule has 0 unspecified atom stereocenters. The molecule has 0 aliphatic rings. The van der Waals surface area contributed by atoms with E-state index in [0.717, 1.165) is 10.2 Å². The highest BCUT2D eigenvalue weighted by Gasteiger charge is 2.11. The Labute approximate surface area is 170 Å². The van der Waals surface area contributed by atoms with Crippen molar-refractivity contribution in [2.45, 2.75) is 19.4 Å². The van der Waals surface area contributed by atoms with Gasteiger partial charge in [0.2, 0.25) is 5.91 Å². The molecule has 3 aromatic rings. The maximum absolute atomic E-state index is 12.7. The second-order valence-corrected chi connectivity index (χ2v) is 7.05. The van der Waals surface area contributed by atoms with Crippen LogP contribution in [0.2, 0.25) is 0 Å². The minimum atomic E-state index is -0.182. The molecule has 0 aliphatic heterocycles. The Morgan fingerprint density at radius 3 is 2.64 bits per heavy atom. The molecule has 1 aromatic heterocycles. The molecule has 0 aliphatic carbocycles. The smallest absolute Gasteiger partial charge is 0.261 e. The Hall–Kier alpha value is -2.87. The lowest BCUT2D eigenvalue weighted by molar-refractivity contribution is -0.116. The number of anilines is 1. The van der Waals surface area contributed by atoms with Crippen LogP contribution >= 0.6 is 15.9 Å². The maximum atomic E-state index is 12.7. The number of fused-ring (bicyclic) bond motifs is 1. The molecule has 0 bridgehead atoms. The molecule has 0 spiro atoms. The van der Waals surface area contributed by atoms with Gasteiger partial charge in [-0.1, -0.05) is 22.0 Å². The summed E-state index contributed by atoms with van der Waals surface area (Å²) in [5, 5.41) is 3.28. The average molecular weight is 446 g/mol. The van der Waals surface area contributed by atoms with Crippen LogP contribution in [-0.2, 0) is 11.3 Å². The monoisotopic (exact) mass is 445 g/mol. The summed E-state index contributed by atoms with van der Waals surface area (Å²) in [5.74, 6) is 0.884. The number of nitrogens with zero attached hydrogens (tertiary/aromatic N) is 2. The molecule has 1 amide bonds. The van der Waals surface area contributed by atoms with Crippen LogP contribution in [0.3, 0.4) is 0 Å². The second kappa shape index (κ2) is 8.88. The van der Waals surface area contributed by atoms with Gasteiger partial charge in [0.05, 0.1) is 31.4 Å².